The normalized spacial score (nSPS) is 31.4. The molecule has 0 radical (unpaired) electrons. The summed E-state index contributed by atoms with van der Waals surface area (Å²) < 4.78 is 13.4. The first-order valence-corrected chi connectivity index (χ1v) is 14.8. The maximum absolute atomic E-state index is 13.5. The van der Waals surface area contributed by atoms with Gasteiger partial charge in [0.15, 0.2) is 0 Å². The third-order valence-corrected chi connectivity index (χ3v) is 10.7. The lowest BCUT2D eigenvalue weighted by Crippen LogP contribution is -2.79. The second-order valence-electron chi connectivity index (χ2n) is 12.7. The average molecular weight is 539 g/mol. The summed E-state index contributed by atoms with van der Waals surface area (Å²) in [5, 5.41) is 0. The molecule has 3 aliphatic carbocycles. The molecule has 2 aromatic carbocycles. The molecule has 5 aliphatic rings. The number of nitrogens with zero attached hydrogens (tertiary/aromatic N) is 2. The Bertz CT molecular complexity index is 1500. The number of likely N-dealkylation sites (N-methyl/N-ethyl adjacent to an activating group) is 1. The number of esters is 1. The van der Waals surface area contributed by atoms with Crippen LogP contribution in [0.2, 0.25) is 0 Å². The van der Waals surface area contributed by atoms with Crippen molar-refractivity contribution < 1.29 is 19.1 Å². The topological polar surface area (TPSA) is 59.1 Å². The largest absolute Gasteiger partial charge is 0.487 e. The van der Waals surface area contributed by atoms with Crippen LogP contribution in [-0.4, -0.2) is 65.1 Å². The number of rotatable bonds is 3. The molecule has 0 aromatic heterocycles. The molecule has 1 saturated heterocycles. The molecular weight excluding hydrogens is 500 g/mol. The van der Waals surface area contributed by atoms with Crippen LogP contribution in [0, 0.1) is 32.6 Å². The Morgan fingerprint density at radius 1 is 1.05 bits per heavy atom. The van der Waals surface area contributed by atoms with Crippen molar-refractivity contribution in [1.82, 2.24) is 9.80 Å². The van der Waals surface area contributed by atoms with Crippen molar-refractivity contribution in [1.29, 1.82) is 0 Å². The number of ether oxygens (including phenoxy) is 2. The van der Waals surface area contributed by atoms with Gasteiger partial charge in [0, 0.05) is 43.6 Å². The minimum Gasteiger partial charge on any atom is -0.487 e. The van der Waals surface area contributed by atoms with Crippen LogP contribution in [0.15, 0.2) is 30.3 Å². The van der Waals surface area contributed by atoms with Gasteiger partial charge in [-0.1, -0.05) is 18.1 Å². The van der Waals surface area contributed by atoms with Crippen molar-refractivity contribution in [2.75, 3.05) is 13.6 Å². The zero-order valence-corrected chi connectivity index (χ0v) is 24.2. The Morgan fingerprint density at radius 2 is 1.82 bits per heavy atom. The first-order valence-electron chi connectivity index (χ1n) is 14.8. The number of piperidine rings is 1. The lowest BCUT2D eigenvalue weighted by atomic mass is 9.47. The SMILES string of the molecule is CC(=O)O[C@@]12CC[C@H](N(C)C(=O)C#Cc3ccc(C)c(C)c3)[C@@H]3Oc4ccc(C)c5c4[C@@]31CCN(C1CC1)[C@@H]2C5. The Balaban J connectivity index is 1.30. The van der Waals surface area contributed by atoms with Gasteiger partial charge in [0.1, 0.15) is 17.5 Å². The van der Waals surface area contributed by atoms with E-state index in [2.05, 4.69) is 49.6 Å². The van der Waals surface area contributed by atoms with E-state index in [1.165, 1.54) is 35.1 Å². The van der Waals surface area contributed by atoms with Crippen LogP contribution >= 0.6 is 0 Å². The van der Waals surface area contributed by atoms with Crippen LogP contribution < -0.4 is 4.74 Å². The fraction of sp³-hybridized carbons (Fsp3) is 0.529. The van der Waals surface area contributed by atoms with Crippen molar-refractivity contribution in [2.45, 2.75) is 101 Å². The molecule has 2 bridgehead atoms. The van der Waals surface area contributed by atoms with Gasteiger partial charge < -0.3 is 14.4 Å². The molecule has 2 heterocycles. The molecule has 40 heavy (non-hydrogen) atoms. The minimum atomic E-state index is -0.665. The summed E-state index contributed by atoms with van der Waals surface area (Å²) in [6.07, 6.45) is 5.27. The van der Waals surface area contributed by atoms with Crippen molar-refractivity contribution >= 4 is 11.9 Å². The van der Waals surface area contributed by atoms with E-state index in [-0.39, 0.29) is 30.1 Å². The zero-order valence-electron chi connectivity index (χ0n) is 24.2. The number of hydrogen-bond acceptors (Lipinski definition) is 5. The van der Waals surface area contributed by atoms with Crippen molar-refractivity contribution in [3.05, 3.63) is 63.7 Å². The third-order valence-electron chi connectivity index (χ3n) is 10.7. The minimum absolute atomic E-state index is 0.120. The fourth-order valence-electron chi connectivity index (χ4n) is 8.59. The molecule has 1 amide bonds. The molecule has 2 aromatic rings. The first kappa shape index (κ1) is 25.7. The predicted molar refractivity (Wildman–Crippen MR) is 152 cm³/mol. The molecular formula is C34H38N2O4. The summed E-state index contributed by atoms with van der Waals surface area (Å²) >= 11 is 0. The Kier molecular flexibility index (Phi) is 5.67. The van der Waals surface area contributed by atoms with Gasteiger partial charge in [0.25, 0.3) is 5.91 Å². The van der Waals surface area contributed by atoms with E-state index in [1.54, 1.807) is 11.8 Å². The highest BCUT2D eigenvalue weighted by Gasteiger charge is 2.76. The van der Waals surface area contributed by atoms with Crippen LogP contribution in [0.25, 0.3) is 0 Å². The number of aryl methyl sites for hydroxylation is 3. The molecule has 6 heteroatoms. The third kappa shape index (κ3) is 3.46. The Hall–Kier alpha value is -3.30. The van der Waals surface area contributed by atoms with Crippen LogP contribution in [0.1, 0.15) is 72.4 Å². The first-order chi connectivity index (χ1) is 19.2. The molecule has 6 nitrogen and oxygen atoms in total. The molecule has 1 spiro atoms. The molecule has 7 rings (SSSR count). The summed E-state index contributed by atoms with van der Waals surface area (Å²) in [5.41, 5.74) is 5.91. The summed E-state index contributed by atoms with van der Waals surface area (Å²) in [6, 6.07) is 10.8. The van der Waals surface area contributed by atoms with Gasteiger partial charge in [-0.05, 0) is 99.7 Å². The smallest absolute Gasteiger partial charge is 0.303 e. The van der Waals surface area contributed by atoms with E-state index in [4.69, 9.17) is 9.47 Å². The highest BCUT2D eigenvalue weighted by atomic mass is 16.6. The van der Waals surface area contributed by atoms with E-state index < -0.39 is 11.0 Å². The van der Waals surface area contributed by atoms with E-state index in [0.29, 0.717) is 18.9 Å². The van der Waals surface area contributed by atoms with Crippen LogP contribution in [-0.2, 0) is 26.2 Å². The second-order valence-corrected chi connectivity index (χ2v) is 12.7. The molecule has 208 valence electrons. The maximum Gasteiger partial charge on any atom is 0.303 e. The quantitative estimate of drug-likeness (QED) is 0.429. The molecule has 2 aliphatic heterocycles. The van der Waals surface area contributed by atoms with Gasteiger partial charge in [-0.25, -0.2) is 0 Å². The molecule has 0 unspecified atom stereocenters. The van der Waals surface area contributed by atoms with Gasteiger partial charge in [-0.15, -0.1) is 0 Å². The number of benzene rings is 2. The van der Waals surface area contributed by atoms with Crippen LogP contribution in [0.3, 0.4) is 0 Å². The number of carbonyl (C=O) groups is 2. The lowest BCUT2D eigenvalue weighted by Gasteiger charge is -2.65. The Morgan fingerprint density at radius 3 is 2.55 bits per heavy atom. The van der Waals surface area contributed by atoms with E-state index in [9.17, 15) is 9.59 Å². The van der Waals surface area contributed by atoms with Crippen LogP contribution in [0.4, 0.5) is 0 Å². The van der Waals surface area contributed by atoms with Crippen molar-refractivity contribution in [3.63, 3.8) is 0 Å². The number of amides is 1. The number of carbonyl (C=O) groups excluding carboxylic acids is 2. The highest BCUT2D eigenvalue weighted by Crippen LogP contribution is 2.66. The summed E-state index contributed by atoms with van der Waals surface area (Å²) in [7, 11) is 1.86. The van der Waals surface area contributed by atoms with Gasteiger partial charge >= 0.3 is 5.97 Å². The van der Waals surface area contributed by atoms with Gasteiger partial charge in [-0.2, -0.15) is 0 Å². The molecule has 3 fully saturated rings. The summed E-state index contributed by atoms with van der Waals surface area (Å²) in [6.45, 7) is 8.82. The van der Waals surface area contributed by atoms with E-state index in [0.717, 1.165) is 36.3 Å². The van der Waals surface area contributed by atoms with Crippen LogP contribution in [0.5, 0.6) is 5.75 Å². The number of likely N-dealkylation sites (tertiary alicyclic amines) is 1. The lowest BCUT2D eigenvalue weighted by molar-refractivity contribution is -0.224. The molecule has 2 saturated carbocycles. The summed E-state index contributed by atoms with van der Waals surface area (Å²) in [5.74, 6) is 6.45. The van der Waals surface area contributed by atoms with E-state index >= 15 is 0 Å². The van der Waals surface area contributed by atoms with Gasteiger partial charge in [0.05, 0.1) is 17.5 Å². The zero-order chi connectivity index (χ0) is 28.0. The van der Waals surface area contributed by atoms with Gasteiger partial charge in [0.2, 0.25) is 0 Å². The second kappa shape index (κ2) is 8.85. The summed E-state index contributed by atoms with van der Waals surface area (Å²) in [4.78, 5) is 30.8. The Labute approximate surface area is 237 Å². The molecule has 5 atom stereocenters. The van der Waals surface area contributed by atoms with Crippen molar-refractivity contribution in [2.24, 2.45) is 0 Å². The van der Waals surface area contributed by atoms with E-state index in [1.807, 2.05) is 25.2 Å². The van der Waals surface area contributed by atoms with Gasteiger partial charge in [-0.3, -0.25) is 14.5 Å². The average Bonchev–Trinajstić information content (AvgIpc) is 3.70. The number of hydrogen-bond donors (Lipinski definition) is 0. The predicted octanol–water partition coefficient (Wildman–Crippen LogP) is 4.38. The van der Waals surface area contributed by atoms with Crippen molar-refractivity contribution in [3.8, 4) is 17.6 Å². The fourth-order valence-corrected chi connectivity index (χ4v) is 8.59. The molecule has 0 N–H and O–H groups in total. The monoisotopic (exact) mass is 538 g/mol. The highest BCUT2D eigenvalue weighted by molar-refractivity contribution is 5.94. The standard InChI is InChI=1S/C34H38N2O4/c1-20-6-8-24(18-22(20)3)9-13-30(38)35(5)27-14-15-34(40-23(4)37)29-19-26-21(2)7-12-28-31(26)33(34,32(27)39-28)16-17-36(29)25-10-11-25/h6-8,12,18,25,27,29,32H,10-11,14-17,19H2,1-5H3/t27-,29+,32-,33-,34+/m0/s1. The maximum atomic E-state index is 13.5.